The van der Waals surface area contributed by atoms with Gasteiger partial charge in [-0.1, -0.05) is 44.2 Å². The highest BCUT2D eigenvalue weighted by molar-refractivity contribution is 7.88. The molecule has 0 heterocycles. The third kappa shape index (κ3) is 6.37. The number of hydrogen-bond acceptors (Lipinski definition) is 5. The topological polar surface area (TPSA) is 81.7 Å². The summed E-state index contributed by atoms with van der Waals surface area (Å²) < 4.78 is 37.3. The smallest absolute Gasteiger partial charge is 0.337 e. The van der Waals surface area contributed by atoms with Crippen LogP contribution in [-0.2, 0) is 20.5 Å². The summed E-state index contributed by atoms with van der Waals surface area (Å²) in [5.74, 6) is 0.467. The first-order valence-electron chi connectivity index (χ1n) is 8.68. The molecule has 6 nitrogen and oxygen atoms in total. The van der Waals surface area contributed by atoms with E-state index in [1.807, 2.05) is 24.3 Å². The van der Waals surface area contributed by atoms with E-state index in [1.165, 1.54) is 7.11 Å². The number of rotatable bonds is 9. The van der Waals surface area contributed by atoms with Crippen molar-refractivity contribution in [2.45, 2.75) is 25.5 Å². The van der Waals surface area contributed by atoms with Gasteiger partial charge in [0.2, 0.25) is 10.0 Å². The van der Waals surface area contributed by atoms with E-state index < -0.39 is 16.0 Å². The van der Waals surface area contributed by atoms with Crippen LogP contribution in [0.5, 0.6) is 5.75 Å². The lowest BCUT2D eigenvalue weighted by molar-refractivity contribution is 0.0600. The Hall–Kier alpha value is -2.38. The molecule has 146 valence electrons. The Balaban J connectivity index is 1.86. The molecule has 0 amide bonds. The molecule has 0 saturated carbocycles. The van der Waals surface area contributed by atoms with Gasteiger partial charge in [0.1, 0.15) is 12.4 Å². The number of methoxy groups -OCH3 is 1. The standard InChI is InChI=1S/C20H25NO5S/c1-15(2)18-6-4-5-7-19(18)26-13-12-21-27(23,24)14-16-8-10-17(11-9-16)20(22)25-3/h4-11,15,21H,12-14H2,1-3H3. The number of hydrogen-bond donors (Lipinski definition) is 1. The zero-order valence-corrected chi connectivity index (χ0v) is 16.6. The van der Waals surface area contributed by atoms with Gasteiger partial charge in [0.25, 0.3) is 0 Å². The molecule has 0 bridgehead atoms. The van der Waals surface area contributed by atoms with Gasteiger partial charge in [0.15, 0.2) is 0 Å². The third-order valence-electron chi connectivity index (χ3n) is 3.95. The van der Waals surface area contributed by atoms with Gasteiger partial charge in [0.05, 0.1) is 18.4 Å². The lowest BCUT2D eigenvalue weighted by Crippen LogP contribution is -2.29. The molecule has 27 heavy (non-hydrogen) atoms. The Morgan fingerprint density at radius 1 is 1.07 bits per heavy atom. The second-order valence-electron chi connectivity index (χ2n) is 6.38. The van der Waals surface area contributed by atoms with Gasteiger partial charge in [-0.05, 0) is 35.2 Å². The molecule has 0 atom stereocenters. The molecule has 0 spiro atoms. The highest BCUT2D eigenvalue weighted by atomic mass is 32.2. The molecule has 2 rings (SSSR count). The highest BCUT2D eigenvalue weighted by Gasteiger charge is 2.13. The Morgan fingerprint density at radius 3 is 2.37 bits per heavy atom. The number of carbonyl (C=O) groups excluding carboxylic acids is 1. The summed E-state index contributed by atoms with van der Waals surface area (Å²) in [5, 5.41) is 0. The molecular formula is C20H25NO5S. The summed E-state index contributed by atoms with van der Waals surface area (Å²) in [6, 6.07) is 14.0. The largest absolute Gasteiger partial charge is 0.492 e. The van der Waals surface area contributed by atoms with Crippen molar-refractivity contribution in [3.63, 3.8) is 0 Å². The van der Waals surface area contributed by atoms with Gasteiger partial charge in [-0.15, -0.1) is 0 Å². The summed E-state index contributed by atoms with van der Waals surface area (Å²) in [7, 11) is -2.20. The number of para-hydroxylation sites is 1. The summed E-state index contributed by atoms with van der Waals surface area (Å²) in [6.07, 6.45) is 0. The first-order chi connectivity index (χ1) is 12.8. The average Bonchev–Trinajstić information content (AvgIpc) is 2.65. The molecule has 0 aliphatic rings. The van der Waals surface area contributed by atoms with E-state index in [1.54, 1.807) is 24.3 Å². The second-order valence-corrected chi connectivity index (χ2v) is 8.19. The molecule has 0 saturated heterocycles. The molecule has 0 aromatic heterocycles. The van der Waals surface area contributed by atoms with E-state index in [2.05, 4.69) is 23.3 Å². The van der Waals surface area contributed by atoms with Crippen LogP contribution in [-0.4, -0.2) is 34.6 Å². The monoisotopic (exact) mass is 391 g/mol. The van der Waals surface area contributed by atoms with Crippen LogP contribution >= 0.6 is 0 Å². The minimum atomic E-state index is -3.50. The van der Waals surface area contributed by atoms with Crippen molar-refractivity contribution in [3.05, 3.63) is 65.2 Å². The van der Waals surface area contributed by atoms with Crippen molar-refractivity contribution in [2.75, 3.05) is 20.3 Å². The summed E-state index contributed by atoms with van der Waals surface area (Å²) in [4.78, 5) is 11.4. The average molecular weight is 391 g/mol. The van der Waals surface area contributed by atoms with Crippen molar-refractivity contribution in [3.8, 4) is 5.75 Å². The van der Waals surface area contributed by atoms with Crippen LogP contribution < -0.4 is 9.46 Å². The molecule has 0 unspecified atom stereocenters. The molecule has 0 aliphatic carbocycles. The quantitative estimate of drug-likeness (QED) is 0.525. The van der Waals surface area contributed by atoms with E-state index in [4.69, 9.17) is 4.74 Å². The fraction of sp³-hybridized carbons (Fsp3) is 0.350. The van der Waals surface area contributed by atoms with E-state index >= 15 is 0 Å². The first-order valence-corrected chi connectivity index (χ1v) is 10.3. The third-order valence-corrected chi connectivity index (χ3v) is 5.31. The van der Waals surface area contributed by atoms with Crippen LogP contribution in [0.4, 0.5) is 0 Å². The molecule has 0 radical (unpaired) electrons. The lowest BCUT2D eigenvalue weighted by atomic mass is 10.0. The molecule has 7 heteroatoms. The van der Waals surface area contributed by atoms with Gasteiger partial charge in [-0.3, -0.25) is 0 Å². The summed E-state index contributed by atoms with van der Waals surface area (Å²) in [5.41, 5.74) is 2.05. The molecule has 1 N–H and O–H groups in total. The number of sulfonamides is 1. The predicted octanol–water partition coefficient (Wildman–Crippen LogP) is 3.10. The number of esters is 1. The van der Waals surface area contributed by atoms with Crippen LogP contribution in [0, 0.1) is 0 Å². The van der Waals surface area contributed by atoms with Crippen molar-refractivity contribution < 1.29 is 22.7 Å². The van der Waals surface area contributed by atoms with E-state index in [-0.39, 0.29) is 18.9 Å². The van der Waals surface area contributed by atoms with Crippen LogP contribution in [0.3, 0.4) is 0 Å². The first kappa shape index (κ1) is 20.9. The van der Waals surface area contributed by atoms with E-state index in [0.717, 1.165) is 11.3 Å². The molecule has 2 aromatic carbocycles. The Labute approximate surface area is 160 Å². The second kappa shape index (κ2) is 9.53. The minimum absolute atomic E-state index is 0.170. The van der Waals surface area contributed by atoms with Gasteiger partial charge < -0.3 is 9.47 Å². The van der Waals surface area contributed by atoms with Crippen LogP contribution in [0.15, 0.2) is 48.5 Å². The lowest BCUT2D eigenvalue weighted by Gasteiger charge is -2.14. The maximum atomic E-state index is 12.2. The van der Waals surface area contributed by atoms with Crippen molar-refractivity contribution in [1.29, 1.82) is 0 Å². The zero-order chi connectivity index (χ0) is 19.9. The number of nitrogens with one attached hydrogen (secondary N) is 1. The fourth-order valence-electron chi connectivity index (χ4n) is 2.57. The van der Waals surface area contributed by atoms with Crippen molar-refractivity contribution in [1.82, 2.24) is 4.72 Å². The SMILES string of the molecule is COC(=O)c1ccc(CS(=O)(=O)NCCOc2ccccc2C(C)C)cc1. The Morgan fingerprint density at radius 2 is 1.74 bits per heavy atom. The van der Waals surface area contributed by atoms with Crippen LogP contribution in [0.1, 0.15) is 41.3 Å². The Bertz CT molecular complexity index is 860. The molecule has 2 aromatic rings. The summed E-state index contributed by atoms with van der Waals surface area (Å²) >= 11 is 0. The summed E-state index contributed by atoms with van der Waals surface area (Å²) in [6.45, 7) is 4.58. The zero-order valence-electron chi connectivity index (χ0n) is 15.8. The normalized spacial score (nSPS) is 11.4. The van der Waals surface area contributed by atoms with Crippen LogP contribution in [0.2, 0.25) is 0 Å². The van der Waals surface area contributed by atoms with Gasteiger partial charge in [0, 0.05) is 6.54 Å². The van der Waals surface area contributed by atoms with E-state index in [0.29, 0.717) is 17.0 Å². The van der Waals surface area contributed by atoms with Gasteiger partial charge in [-0.2, -0.15) is 0 Å². The molecule has 0 aliphatic heterocycles. The number of carbonyl (C=O) groups is 1. The van der Waals surface area contributed by atoms with Gasteiger partial charge in [-0.25, -0.2) is 17.9 Å². The maximum Gasteiger partial charge on any atom is 0.337 e. The Kier molecular flexibility index (Phi) is 7.38. The maximum absolute atomic E-state index is 12.2. The molecular weight excluding hydrogens is 366 g/mol. The minimum Gasteiger partial charge on any atom is -0.492 e. The van der Waals surface area contributed by atoms with E-state index in [9.17, 15) is 13.2 Å². The predicted molar refractivity (Wildman–Crippen MR) is 104 cm³/mol. The highest BCUT2D eigenvalue weighted by Crippen LogP contribution is 2.25. The van der Waals surface area contributed by atoms with Gasteiger partial charge >= 0.3 is 5.97 Å². The molecule has 0 fully saturated rings. The fourth-order valence-corrected chi connectivity index (χ4v) is 3.70. The van der Waals surface area contributed by atoms with Crippen molar-refractivity contribution >= 4 is 16.0 Å². The van der Waals surface area contributed by atoms with Crippen LogP contribution in [0.25, 0.3) is 0 Å². The number of ether oxygens (including phenoxy) is 2. The number of benzene rings is 2. The van der Waals surface area contributed by atoms with Crippen molar-refractivity contribution in [2.24, 2.45) is 0 Å².